The summed E-state index contributed by atoms with van der Waals surface area (Å²) in [6.07, 6.45) is 3.24. The molecule has 0 aromatic heterocycles. The van der Waals surface area contributed by atoms with E-state index in [1.165, 1.54) is 0 Å². The lowest BCUT2D eigenvalue weighted by molar-refractivity contribution is -0.119. The molecule has 0 radical (unpaired) electrons. The van der Waals surface area contributed by atoms with Crippen molar-refractivity contribution in [1.82, 2.24) is 10.4 Å². The van der Waals surface area contributed by atoms with Crippen LogP contribution < -0.4 is 10.4 Å². The fraction of sp³-hybridized carbons (Fsp3) is 0.348. The van der Waals surface area contributed by atoms with Gasteiger partial charge in [-0.1, -0.05) is 41.8 Å². The van der Waals surface area contributed by atoms with Crippen LogP contribution in [0.15, 0.2) is 47.6 Å². The number of piperidine rings is 1. The molecule has 0 bridgehead atoms. The summed E-state index contributed by atoms with van der Waals surface area (Å²) in [5, 5.41) is 19.6. The summed E-state index contributed by atoms with van der Waals surface area (Å²) in [4.78, 5) is 13.1. The van der Waals surface area contributed by atoms with Gasteiger partial charge in [-0.25, -0.2) is 5.01 Å². The van der Waals surface area contributed by atoms with Crippen molar-refractivity contribution in [3.05, 3.63) is 63.6 Å². The van der Waals surface area contributed by atoms with Crippen molar-refractivity contribution in [2.24, 2.45) is 11.0 Å². The number of nitriles is 1. The molecule has 2 aromatic carbocycles. The van der Waals surface area contributed by atoms with E-state index < -0.39 is 12.0 Å². The lowest BCUT2D eigenvalue weighted by atomic mass is 9.90. The Balaban J connectivity index is 1.73. The standard InChI is InChI=1S/C23H23Cl2N5O/c1-15-13-18(25)9-10-20(15)30-22(16-5-7-17(24)8-6-16)19(14-26)21(27-30)23(31)28-29-11-3-2-4-12-29/h5-10,13,19,22H,2-4,11-12H2,1H3,(H,28,31). The van der Waals surface area contributed by atoms with Crippen LogP contribution in [0.2, 0.25) is 10.0 Å². The number of nitrogens with one attached hydrogen (secondary N) is 1. The summed E-state index contributed by atoms with van der Waals surface area (Å²) in [5.41, 5.74) is 5.72. The number of benzene rings is 2. The van der Waals surface area contributed by atoms with Gasteiger partial charge in [0.15, 0.2) is 0 Å². The van der Waals surface area contributed by atoms with Gasteiger partial charge in [-0.05, 0) is 61.2 Å². The van der Waals surface area contributed by atoms with Crippen LogP contribution in [0, 0.1) is 24.2 Å². The van der Waals surface area contributed by atoms with E-state index in [0.29, 0.717) is 10.0 Å². The maximum Gasteiger partial charge on any atom is 0.283 e. The average Bonchev–Trinajstić information content (AvgIpc) is 3.14. The second kappa shape index (κ2) is 9.27. The lowest BCUT2D eigenvalue weighted by Gasteiger charge is -2.27. The van der Waals surface area contributed by atoms with Crippen LogP contribution in [0.25, 0.3) is 0 Å². The number of nitrogens with zero attached hydrogens (tertiary/aromatic N) is 4. The fourth-order valence-electron chi connectivity index (χ4n) is 4.13. The molecule has 2 atom stereocenters. The van der Waals surface area contributed by atoms with Crippen LogP contribution in [0.1, 0.15) is 36.4 Å². The molecular formula is C23H23Cl2N5O. The number of hydrazone groups is 1. The Labute approximate surface area is 192 Å². The van der Waals surface area contributed by atoms with Gasteiger partial charge in [0.1, 0.15) is 11.6 Å². The van der Waals surface area contributed by atoms with E-state index in [9.17, 15) is 10.1 Å². The molecule has 4 rings (SSSR count). The number of anilines is 1. The predicted octanol–water partition coefficient (Wildman–Crippen LogP) is 4.88. The molecule has 6 nitrogen and oxygen atoms in total. The Morgan fingerprint density at radius 1 is 1.10 bits per heavy atom. The third-order valence-electron chi connectivity index (χ3n) is 5.69. The summed E-state index contributed by atoms with van der Waals surface area (Å²) in [6.45, 7) is 3.54. The largest absolute Gasteiger partial charge is 0.284 e. The molecule has 0 aliphatic carbocycles. The first-order chi connectivity index (χ1) is 15.0. The van der Waals surface area contributed by atoms with Crippen molar-refractivity contribution in [3.63, 3.8) is 0 Å². The zero-order valence-corrected chi connectivity index (χ0v) is 18.7. The van der Waals surface area contributed by atoms with E-state index in [4.69, 9.17) is 23.2 Å². The number of aryl methyl sites for hydroxylation is 1. The first-order valence-electron chi connectivity index (χ1n) is 10.3. The maximum atomic E-state index is 13.1. The van der Waals surface area contributed by atoms with Gasteiger partial charge >= 0.3 is 0 Å². The number of amides is 1. The highest BCUT2D eigenvalue weighted by Gasteiger charge is 2.43. The number of carbonyl (C=O) groups excluding carboxylic acids is 1. The van der Waals surface area contributed by atoms with E-state index in [0.717, 1.165) is 49.2 Å². The molecule has 1 fully saturated rings. The highest BCUT2D eigenvalue weighted by molar-refractivity contribution is 6.41. The topological polar surface area (TPSA) is 71.7 Å². The summed E-state index contributed by atoms with van der Waals surface area (Å²) in [7, 11) is 0. The fourth-order valence-corrected chi connectivity index (χ4v) is 4.48. The summed E-state index contributed by atoms with van der Waals surface area (Å²) in [5.74, 6) is -1.07. The van der Waals surface area contributed by atoms with Gasteiger partial charge in [0.05, 0.1) is 17.8 Å². The monoisotopic (exact) mass is 455 g/mol. The molecule has 31 heavy (non-hydrogen) atoms. The second-order valence-electron chi connectivity index (χ2n) is 7.85. The highest BCUT2D eigenvalue weighted by Crippen LogP contribution is 2.41. The molecular weight excluding hydrogens is 433 g/mol. The molecule has 0 spiro atoms. The molecule has 160 valence electrons. The lowest BCUT2D eigenvalue weighted by Crippen LogP contribution is -2.48. The molecule has 0 saturated carbocycles. The molecule has 8 heteroatoms. The summed E-state index contributed by atoms with van der Waals surface area (Å²) >= 11 is 12.2. The Kier molecular flexibility index (Phi) is 6.47. The second-order valence-corrected chi connectivity index (χ2v) is 8.73. The number of rotatable bonds is 4. The van der Waals surface area contributed by atoms with Crippen LogP contribution in [0.3, 0.4) is 0 Å². The van der Waals surface area contributed by atoms with E-state index in [1.54, 1.807) is 23.2 Å². The minimum atomic E-state index is -0.735. The van der Waals surface area contributed by atoms with Crippen molar-refractivity contribution in [3.8, 4) is 6.07 Å². The van der Waals surface area contributed by atoms with E-state index in [2.05, 4.69) is 16.6 Å². The third-order valence-corrected chi connectivity index (χ3v) is 6.18. The number of hydrazine groups is 1. The van der Waals surface area contributed by atoms with Crippen LogP contribution in [0.5, 0.6) is 0 Å². The van der Waals surface area contributed by atoms with Crippen LogP contribution in [-0.2, 0) is 4.79 Å². The first-order valence-corrected chi connectivity index (χ1v) is 11.1. The van der Waals surface area contributed by atoms with Crippen LogP contribution in [0.4, 0.5) is 5.69 Å². The van der Waals surface area contributed by atoms with Gasteiger partial charge in [0.25, 0.3) is 5.91 Å². The summed E-state index contributed by atoms with van der Waals surface area (Å²) in [6, 6.07) is 14.7. The van der Waals surface area contributed by atoms with Crippen molar-refractivity contribution in [2.45, 2.75) is 32.2 Å². The van der Waals surface area contributed by atoms with Gasteiger partial charge in [-0.15, -0.1) is 0 Å². The molecule has 1 N–H and O–H groups in total. The smallest absolute Gasteiger partial charge is 0.283 e. The van der Waals surface area contributed by atoms with Crippen molar-refractivity contribution in [2.75, 3.05) is 18.1 Å². The van der Waals surface area contributed by atoms with Gasteiger partial charge in [0, 0.05) is 23.1 Å². The molecule has 1 amide bonds. The Morgan fingerprint density at radius 2 is 1.77 bits per heavy atom. The van der Waals surface area contributed by atoms with Crippen molar-refractivity contribution >= 4 is 40.5 Å². The van der Waals surface area contributed by atoms with Crippen molar-refractivity contribution < 1.29 is 4.79 Å². The molecule has 2 aliphatic heterocycles. The Morgan fingerprint density at radius 3 is 2.42 bits per heavy atom. The molecule has 2 aliphatic rings. The van der Waals surface area contributed by atoms with E-state index in [-0.39, 0.29) is 11.6 Å². The average molecular weight is 456 g/mol. The quantitative estimate of drug-likeness (QED) is 0.712. The zero-order chi connectivity index (χ0) is 22.0. The number of halogens is 2. The van der Waals surface area contributed by atoms with E-state index in [1.807, 2.05) is 36.2 Å². The Bertz CT molecular complexity index is 1040. The number of hydrogen-bond donors (Lipinski definition) is 1. The van der Waals surface area contributed by atoms with Gasteiger partial charge in [-0.3, -0.25) is 15.2 Å². The number of carbonyl (C=O) groups is 1. The Hall–Kier alpha value is -2.59. The summed E-state index contributed by atoms with van der Waals surface area (Å²) < 4.78 is 0. The zero-order valence-electron chi connectivity index (χ0n) is 17.2. The first kappa shape index (κ1) is 21.6. The SMILES string of the molecule is Cc1cc(Cl)ccc1N1N=C(C(=O)NN2CCCCC2)C(C#N)C1c1ccc(Cl)cc1. The highest BCUT2D eigenvalue weighted by atomic mass is 35.5. The molecule has 2 unspecified atom stereocenters. The third kappa shape index (κ3) is 4.54. The van der Waals surface area contributed by atoms with E-state index >= 15 is 0 Å². The van der Waals surface area contributed by atoms with Crippen molar-refractivity contribution in [1.29, 1.82) is 5.26 Å². The predicted molar refractivity (Wildman–Crippen MR) is 123 cm³/mol. The number of hydrogen-bond acceptors (Lipinski definition) is 5. The van der Waals surface area contributed by atoms with Gasteiger partial charge < -0.3 is 0 Å². The van der Waals surface area contributed by atoms with Gasteiger partial charge in [-0.2, -0.15) is 10.4 Å². The van der Waals surface area contributed by atoms with Crippen LogP contribution in [-0.4, -0.2) is 29.7 Å². The molecule has 2 heterocycles. The molecule has 1 saturated heterocycles. The van der Waals surface area contributed by atoms with Gasteiger partial charge in [0.2, 0.25) is 0 Å². The minimum Gasteiger partial charge on any atom is -0.284 e. The maximum absolute atomic E-state index is 13.1. The molecule has 2 aromatic rings. The minimum absolute atomic E-state index is 0.211. The normalized spacial score (nSPS) is 21.5. The van der Waals surface area contributed by atoms with Crippen LogP contribution >= 0.6 is 23.2 Å².